The molecule has 0 atom stereocenters. The van der Waals surface area contributed by atoms with Gasteiger partial charge in [-0.2, -0.15) is 0 Å². The fraction of sp³-hybridized carbons (Fsp3) is 0.185. The molecule has 4 rings (SSSR count). The molecule has 0 aliphatic carbocycles. The van der Waals surface area contributed by atoms with Crippen LogP contribution in [0.5, 0.6) is 5.75 Å². The Bertz CT molecular complexity index is 1390. The highest BCUT2D eigenvalue weighted by Gasteiger charge is 2.19. The van der Waals surface area contributed by atoms with Gasteiger partial charge in [-0.1, -0.05) is 30.7 Å². The molecular weight excluding hydrogens is 438 g/mol. The molecule has 4 aromatic rings. The van der Waals surface area contributed by atoms with Crippen molar-refractivity contribution in [2.75, 3.05) is 11.9 Å². The second-order valence-electron chi connectivity index (χ2n) is 7.92. The molecule has 33 heavy (non-hydrogen) atoms. The summed E-state index contributed by atoms with van der Waals surface area (Å²) in [5.74, 6) is -0.122. The zero-order valence-electron chi connectivity index (χ0n) is 18.7. The van der Waals surface area contributed by atoms with E-state index in [9.17, 15) is 9.59 Å². The number of amides is 1. The molecule has 0 fully saturated rings. The maximum absolute atomic E-state index is 13.4. The van der Waals surface area contributed by atoms with Gasteiger partial charge in [0.2, 0.25) is 11.2 Å². The van der Waals surface area contributed by atoms with E-state index < -0.39 is 0 Å². The van der Waals surface area contributed by atoms with E-state index in [4.69, 9.17) is 20.8 Å². The number of nitrogens with one attached hydrogen (secondary N) is 1. The summed E-state index contributed by atoms with van der Waals surface area (Å²) < 4.78 is 11.8. The Morgan fingerprint density at radius 2 is 1.76 bits per heavy atom. The van der Waals surface area contributed by atoms with Crippen LogP contribution in [-0.2, 0) is 11.2 Å². The molecule has 5 nitrogen and oxygen atoms in total. The third-order valence-electron chi connectivity index (χ3n) is 5.57. The van der Waals surface area contributed by atoms with E-state index in [0.717, 1.165) is 23.1 Å². The molecule has 0 spiro atoms. The summed E-state index contributed by atoms with van der Waals surface area (Å²) in [6, 6.07) is 18.1. The molecule has 0 bridgehead atoms. The fourth-order valence-electron chi connectivity index (χ4n) is 3.52. The van der Waals surface area contributed by atoms with Crippen molar-refractivity contribution >= 4 is 34.2 Å². The van der Waals surface area contributed by atoms with Crippen LogP contribution in [0.15, 0.2) is 69.9 Å². The molecule has 0 aliphatic rings. The van der Waals surface area contributed by atoms with E-state index >= 15 is 0 Å². The zero-order valence-corrected chi connectivity index (χ0v) is 19.5. The summed E-state index contributed by atoms with van der Waals surface area (Å²) in [7, 11) is 0. The Kier molecular flexibility index (Phi) is 6.52. The summed E-state index contributed by atoms with van der Waals surface area (Å²) in [5.41, 5.74) is 4.64. The Morgan fingerprint density at radius 3 is 2.45 bits per heavy atom. The van der Waals surface area contributed by atoms with Crippen molar-refractivity contribution in [3.05, 3.63) is 92.6 Å². The first-order valence-electron chi connectivity index (χ1n) is 10.7. The van der Waals surface area contributed by atoms with Crippen LogP contribution in [0.2, 0.25) is 5.02 Å². The van der Waals surface area contributed by atoms with Crippen LogP contribution >= 0.6 is 11.6 Å². The summed E-state index contributed by atoms with van der Waals surface area (Å²) >= 11 is 6.02. The molecular formula is C27H24ClNO4. The van der Waals surface area contributed by atoms with Crippen molar-refractivity contribution in [3.8, 4) is 17.1 Å². The lowest BCUT2D eigenvalue weighted by Crippen LogP contribution is -2.22. The van der Waals surface area contributed by atoms with Crippen molar-refractivity contribution in [1.82, 2.24) is 0 Å². The molecule has 3 aromatic carbocycles. The molecule has 6 heteroatoms. The first-order valence-corrected chi connectivity index (χ1v) is 11.1. The molecule has 1 aromatic heterocycles. The second kappa shape index (κ2) is 9.51. The lowest BCUT2D eigenvalue weighted by Gasteiger charge is -2.13. The van der Waals surface area contributed by atoms with E-state index in [1.807, 2.05) is 45.0 Å². The molecule has 0 saturated carbocycles. The van der Waals surface area contributed by atoms with Crippen LogP contribution < -0.4 is 15.5 Å². The van der Waals surface area contributed by atoms with Gasteiger partial charge in [-0.3, -0.25) is 9.59 Å². The van der Waals surface area contributed by atoms with Crippen molar-refractivity contribution in [2.24, 2.45) is 0 Å². The maximum atomic E-state index is 13.4. The molecule has 1 N–H and O–H groups in total. The number of hydrogen-bond donors (Lipinski definition) is 1. The first-order chi connectivity index (χ1) is 15.9. The number of carbonyl (C=O) groups excluding carboxylic acids is 1. The topological polar surface area (TPSA) is 68.5 Å². The third kappa shape index (κ3) is 4.94. The third-order valence-corrected chi connectivity index (χ3v) is 5.82. The smallest absolute Gasteiger partial charge is 0.262 e. The van der Waals surface area contributed by atoms with E-state index in [2.05, 4.69) is 5.32 Å². The van der Waals surface area contributed by atoms with Crippen LogP contribution in [0.4, 0.5) is 5.69 Å². The average Bonchev–Trinajstić information content (AvgIpc) is 2.81. The molecule has 168 valence electrons. The Hall–Kier alpha value is -3.57. The van der Waals surface area contributed by atoms with Crippen LogP contribution in [0.3, 0.4) is 0 Å². The number of benzene rings is 3. The average molecular weight is 462 g/mol. The lowest BCUT2D eigenvalue weighted by molar-refractivity contribution is -0.118. The predicted molar refractivity (Wildman–Crippen MR) is 132 cm³/mol. The summed E-state index contributed by atoms with van der Waals surface area (Å²) in [6.07, 6.45) is 0.781. The Morgan fingerprint density at radius 1 is 1.00 bits per heavy atom. The number of rotatable bonds is 6. The first kappa shape index (κ1) is 22.6. The van der Waals surface area contributed by atoms with Crippen LogP contribution in [0.25, 0.3) is 22.3 Å². The molecule has 0 saturated heterocycles. The number of aryl methyl sites for hydroxylation is 3. The molecule has 1 heterocycles. The van der Waals surface area contributed by atoms with Gasteiger partial charge in [0.1, 0.15) is 5.58 Å². The maximum Gasteiger partial charge on any atom is 0.262 e. The molecule has 0 radical (unpaired) electrons. The quantitative estimate of drug-likeness (QED) is 0.365. The standard InChI is InChI=1S/C27H24ClNO4/c1-4-18-6-12-23-22(14-18)25(31)27(26(33-23)19-7-9-20(28)10-8-19)32-15-24(30)29-21-11-5-16(2)17(3)13-21/h5-14H,4,15H2,1-3H3,(H,29,30). The van der Waals surface area contributed by atoms with E-state index in [0.29, 0.717) is 27.2 Å². The van der Waals surface area contributed by atoms with Gasteiger partial charge >= 0.3 is 0 Å². The van der Waals surface area contributed by atoms with Gasteiger partial charge < -0.3 is 14.5 Å². The number of halogens is 1. The highest BCUT2D eigenvalue weighted by atomic mass is 35.5. The van der Waals surface area contributed by atoms with Gasteiger partial charge in [0.25, 0.3) is 5.91 Å². The van der Waals surface area contributed by atoms with Crippen LogP contribution in [0, 0.1) is 13.8 Å². The number of carbonyl (C=O) groups is 1. The highest BCUT2D eigenvalue weighted by Crippen LogP contribution is 2.32. The normalized spacial score (nSPS) is 10.9. The van der Waals surface area contributed by atoms with Crippen molar-refractivity contribution in [2.45, 2.75) is 27.2 Å². The van der Waals surface area contributed by atoms with Crippen molar-refractivity contribution in [1.29, 1.82) is 0 Å². The Balaban J connectivity index is 1.69. The van der Waals surface area contributed by atoms with Crippen molar-refractivity contribution < 1.29 is 13.9 Å². The predicted octanol–water partition coefficient (Wildman–Crippen LogP) is 6.31. The van der Waals surface area contributed by atoms with E-state index in [-0.39, 0.29) is 29.5 Å². The summed E-state index contributed by atoms with van der Waals surface area (Å²) in [5, 5.41) is 3.78. The minimum atomic E-state index is -0.373. The van der Waals surface area contributed by atoms with E-state index in [1.54, 1.807) is 36.4 Å². The van der Waals surface area contributed by atoms with Gasteiger partial charge in [0.15, 0.2) is 12.4 Å². The monoisotopic (exact) mass is 461 g/mol. The minimum Gasteiger partial charge on any atom is -0.476 e. The van der Waals surface area contributed by atoms with E-state index in [1.165, 1.54) is 0 Å². The van der Waals surface area contributed by atoms with Crippen molar-refractivity contribution in [3.63, 3.8) is 0 Å². The molecule has 0 aliphatic heterocycles. The van der Waals surface area contributed by atoms with Gasteiger partial charge in [0, 0.05) is 16.3 Å². The number of ether oxygens (including phenoxy) is 1. The highest BCUT2D eigenvalue weighted by molar-refractivity contribution is 6.30. The van der Waals surface area contributed by atoms with Crippen LogP contribution in [0.1, 0.15) is 23.6 Å². The molecule has 0 unspecified atom stereocenters. The van der Waals surface area contributed by atoms with Gasteiger partial charge in [-0.25, -0.2) is 0 Å². The fourth-order valence-corrected chi connectivity index (χ4v) is 3.65. The number of hydrogen-bond acceptors (Lipinski definition) is 4. The number of anilines is 1. The zero-order chi connectivity index (χ0) is 23.5. The largest absolute Gasteiger partial charge is 0.476 e. The summed E-state index contributed by atoms with van der Waals surface area (Å²) in [4.78, 5) is 25.9. The Labute approximate surface area is 197 Å². The van der Waals surface area contributed by atoms with Crippen LogP contribution in [-0.4, -0.2) is 12.5 Å². The van der Waals surface area contributed by atoms with Gasteiger partial charge in [-0.15, -0.1) is 0 Å². The minimum absolute atomic E-state index is 0.00619. The summed E-state index contributed by atoms with van der Waals surface area (Å²) in [6.45, 7) is 5.66. The number of fused-ring (bicyclic) bond motifs is 1. The lowest BCUT2D eigenvalue weighted by atomic mass is 10.1. The van der Waals surface area contributed by atoms with Gasteiger partial charge in [-0.05, 0) is 85.5 Å². The van der Waals surface area contributed by atoms with Gasteiger partial charge in [0.05, 0.1) is 5.39 Å². The molecule has 1 amide bonds. The second-order valence-corrected chi connectivity index (χ2v) is 8.35. The SMILES string of the molecule is CCc1ccc2oc(-c3ccc(Cl)cc3)c(OCC(=O)Nc3ccc(C)c(C)c3)c(=O)c2c1.